The number of fused-ring (bicyclic) bond motifs is 1. The van der Waals surface area contributed by atoms with Crippen molar-refractivity contribution in [3.05, 3.63) is 40.1 Å². The maximum Gasteiger partial charge on any atom is 0.179 e. The van der Waals surface area contributed by atoms with Gasteiger partial charge in [-0.05, 0) is 44.6 Å². The normalized spacial score (nSPS) is 11.3. The van der Waals surface area contributed by atoms with Crippen molar-refractivity contribution in [2.24, 2.45) is 0 Å². The van der Waals surface area contributed by atoms with Crippen molar-refractivity contribution in [1.82, 2.24) is 24.3 Å². The monoisotopic (exact) mass is 287 g/mol. The summed E-state index contributed by atoms with van der Waals surface area (Å²) in [7, 11) is 0. The summed E-state index contributed by atoms with van der Waals surface area (Å²) in [4.78, 5) is 7.71. The Morgan fingerprint density at radius 2 is 2.15 bits per heavy atom. The average Bonchev–Trinajstić information content (AvgIpc) is 2.91. The van der Waals surface area contributed by atoms with Crippen molar-refractivity contribution in [2.75, 3.05) is 0 Å². The first-order chi connectivity index (χ1) is 9.61. The quantitative estimate of drug-likeness (QED) is 0.753. The number of pyridine rings is 1. The van der Waals surface area contributed by atoms with E-state index in [2.05, 4.69) is 39.5 Å². The molecular weight excluding hydrogens is 270 g/mol. The van der Waals surface area contributed by atoms with Crippen LogP contribution >= 0.6 is 12.2 Å². The van der Waals surface area contributed by atoms with Crippen molar-refractivity contribution in [2.45, 2.75) is 33.9 Å². The molecule has 5 nitrogen and oxygen atoms in total. The second-order valence-electron chi connectivity index (χ2n) is 4.88. The van der Waals surface area contributed by atoms with Crippen LogP contribution in [-0.2, 0) is 13.1 Å². The lowest BCUT2D eigenvalue weighted by Crippen LogP contribution is -2.08. The molecule has 0 atom stereocenters. The number of hydrogen-bond acceptors (Lipinski definition) is 3. The predicted octanol–water partition coefficient (Wildman–Crippen LogP) is 2.98. The summed E-state index contributed by atoms with van der Waals surface area (Å²) >= 11 is 5.45. The molecule has 3 rings (SSSR count). The zero-order valence-electron chi connectivity index (χ0n) is 11.8. The van der Waals surface area contributed by atoms with Crippen LogP contribution in [0.4, 0.5) is 0 Å². The third kappa shape index (κ3) is 1.96. The molecule has 0 unspecified atom stereocenters. The van der Waals surface area contributed by atoms with Gasteiger partial charge in [-0.3, -0.25) is 9.55 Å². The Bertz CT molecular complexity index is 824. The minimum Gasteiger partial charge on any atom is -0.328 e. The van der Waals surface area contributed by atoms with Gasteiger partial charge in [0.15, 0.2) is 10.4 Å². The van der Waals surface area contributed by atoms with E-state index < -0.39 is 0 Å². The van der Waals surface area contributed by atoms with Crippen LogP contribution in [0.15, 0.2) is 18.3 Å². The highest BCUT2D eigenvalue weighted by Gasteiger charge is 2.14. The maximum atomic E-state index is 5.45. The minimum atomic E-state index is 0.663. The van der Waals surface area contributed by atoms with Gasteiger partial charge in [-0.25, -0.2) is 4.68 Å². The van der Waals surface area contributed by atoms with Gasteiger partial charge in [0.2, 0.25) is 0 Å². The smallest absolute Gasteiger partial charge is 0.179 e. The molecule has 0 spiro atoms. The molecule has 0 aromatic carbocycles. The van der Waals surface area contributed by atoms with Crippen LogP contribution in [-0.4, -0.2) is 24.3 Å². The van der Waals surface area contributed by atoms with Gasteiger partial charge >= 0.3 is 0 Å². The number of aromatic amines is 1. The second kappa shape index (κ2) is 4.86. The van der Waals surface area contributed by atoms with Gasteiger partial charge in [-0.2, -0.15) is 5.10 Å². The summed E-state index contributed by atoms with van der Waals surface area (Å²) in [6.45, 7) is 7.63. The Kier molecular flexibility index (Phi) is 3.17. The average molecular weight is 287 g/mol. The van der Waals surface area contributed by atoms with Gasteiger partial charge in [0.1, 0.15) is 5.52 Å². The molecule has 0 saturated heterocycles. The van der Waals surface area contributed by atoms with E-state index in [1.807, 2.05) is 23.9 Å². The number of nitrogens with zero attached hydrogens (tertiary/aromatic N) is 4. The highest BCUT2D eigenvalue weighted by Crippen LogP contribution is 2.19. The van der Waals surface area contributed by atoms with Crippen LogP contribution in [0.25, 0.3) is 11.2 Å². The fourth-order valence-corrected chi connectivity index (χ4v) is 2.71. The molecule has 20 heavy (non-hydrogen) atoms. The van der Waals surface area contributed by atoms with E-state index in [9.17, 15) is 0 Å². The summed E-state index contributed by atoms with van der Waals surface area (Å²) in [6, 6.07) is 4.02. The van der Waals surface area contributed by atoms with Crippen LogP contribution in [0, 0.1) is 18.6 Å². The Hall–Kier alpha value is -1.95. The Morgan fingerprint density at radius 3 is 2.85 bits per heavy atom. The molecule has 0 bridgehead atoms. The number of hydrogen-bond donors (Lipinski definition) is 1. The number of rotatable bonds is 3. The van der Waals surface area contributed by atoms with Crippen LogP contribution in [0.3, 0.4) is 0 Å². The van der Waals surface area contributed by atoms with E-state index in [0.717, 1.165) is 29.1 Å². The lowest BCUT2D eigenvalue weighted by molar-refractivity contribution is 0.640. The van der Waals surface area contributed by atoms with E-state index in [4.69, 9.17) is 12.2 Å². The first-order valence-corrected chi connectivity index (χ1v) is 7.09. The zero-order valence-corrected chi connectivity index (χ0v) is 12.7. The van der Waals surface area contributed by atoms with Crippen molar-refractivity contribution >= 4 is 23.4 Å². The molecule has 0 fully saturated rings. The molecule has 6 heteroatoms. The predicted molar refractivity (Wildman–Crippen MR) is 81.4 cm³/mol. The molecule has 3 aromatic heterocycles. The number of aromatic nitrogens is 5. The van der Waals surface area contributed by atoms with Crippen molar-refractivity contribution in [3.63, 3.8) is 0 Å². The molecule has 0 aliphatic rings. The third-order valence-electron chi connectivity index (χ3n) is 3.56. The van der Waals surface area contributed by atoms with Crippen LogP contribution in [0.2, 0.25) is 0 Å². The molecule has 0 amide bonds. The largest absolute Gasteiger partial charge is 0.328 e. The molecule has 0 saturated carbocycles. The molecular formula is C14H17N5S. The van der Waals surface area contributed by atoms with Gasteiger partial charge in [-0.15, -0.1) is 0 Å². The van der Waals surface area contributed by atoms with Gasteiger partial charge in [-0.1, -0.05) is 6.07 Å². The number of imidazole rings is 1. The first-order valence-electron chi connectivity index (χ1n) is 6.68. The van der Waals surface area contributed by atoms with E-state index in [-0.39, 0.29) is 0 Å². The van der Waals surface area contributed by atoms with Crippen LogP contribution < -0.4 is 0 Å². The lowest BCUT2D eigenvalue weighted by atomic mass is 10.2. The molecule has 0 aliphatic carbocycles. The molecule has 3 heterocycles. The molecule has 1 N–H and O–H groups in total. The SMILES string of the molecule is CCn1nc(C)c2[nH]c(=S)n(Cc3ncccc3C)c21. The summed E-state index contributed by atoms with van der Waals surface area (Å²) < 4.78 is 4.77. The van der Waals surface area contributed by atoms with Crippen molar-refractivity contribution < 1.29 is 0 Å². The maximum absolute atomic E-state index is 5.45. The first kappa shape index (κ1) is 13.1. The fraction of sp³-hybridized carbons (Fsp3) is 0.357. The summed E-state index contributed by atoms with van der Waals surface area (Å²) in [6.07, 6.45) is 1.82. The lowest BCUT2D eigenvalue weighted by Gasteiger charge is -2.07. The topological polar surface area (TPSA) is 51.4 Å². The highest BCUT2D eigenvalue weighted by molar-refractivity contribution is 7.71. The second-order valence-corrected chi connectivity index (χ2v) is 5.27. The van der Waals surface area contributed by atoms with E-state index >= 15 is 0 Å². The number of nitrogens with one attached hydrogen (secondary N) is 1. The molecule has 3 aromatic rings. The third-order valence-corrected chi connectivity index (χ3v) is 3.88. The van der Waals surface area contributed by atoms with Gasteiger partial charge in [0, 0.05) is 12.7 Å². The Labute approximate surface area is 122 Å². The standard InChI is InChI=1S/C14H17N5S/c1-4-19-13-12(10(3)17-19)16-14(20)18(13)8-11-9(2)6-5-7-15-11/h5-7H,4,8H2,1-3H3,(H,16,20). The van der Waals surface area contributed by atoms with Crippen molar-refractivity contribution in [1.29, 1.82) is 0 Å². The van der Waals surface area contributed by atoms with Gasteiger partial charge < -0.3 is 4.98 Å². The summed E-state index contributed by atoms with van der Waals surface area (Å²) in [5.41, 5.74) is 5.24. The zero-order chi connectivity index (χ0) is 14.3. The van der Waals surface area contributed by atoms with E-state index in [0.29, 0.717) is 11.3 Å². The molecule has 104 valence electrons. The highest BCUT2D eigenvalue weighted by atomic mass is 32.1. The van der Waals surface area contributed by atoms with Crippen LogP contribution in [0.1, 0.15) is 23.9 Å². The number of H-pyrrole nitrogens is 1. The van der Waals surface area contributed by atoms with E-state index in [1.165, 1.54) is 5.56 Å². The number of aryl methyl sites for hydroxylation is 3. The van der Waals surface area contributed by atoms with Gasteiger partial charge in [0.25, 0.3) is 0 Å². The fourth-order valence-electron chi connectivity index (χ4n) is 2.46. The van der Waals surface area contributed by atoms with Crippen molar-refractivity contribution in [3.8, 4) is 0 Å². The van der Waals surface area contributed by atoms with E-state index in [1.54, 1.807) is 0 Å². The van der Waals surface area contributed by atoms with Gasteiger partial charge in [0.05, 0.1) is 17.9 Å². The summed E-state index contributed by atoms with van der Waals surface area (Å²) in [5.74, 6) is 0. The minimum absolute atomic E-state index is 0.663. The summed E-state index contributed by atoms with van der Waals surface area (Å²) in [5, 5.41) is 4.53. The molecule has 0 radical (unpaired) electrons. The Balaban J connectivity index is 2.19. The van der Waals surface area contributed by atoms with Crippen LogP contribution in [0.5, 0.6) is 0 Å². The molecule has 0 aliphatic heterocycles. The Morgan fingerprint density at radius 1 is 1.35 bits per heavy atom.